The average molecular weight is 144 g/mol. The third kappa shape index (κ3) is 2.48. The van der Waals surface area contributed by atoms with E-state index >= 15 is 0 Å². The summed E-state index contributed by atoms with van der Waals surface area (Å²) in [5.41, 5.74) is 0. The first-order valence-corrected chi connectivity index (χ1v) is 3.61. The largest absolute Gasteiger partial charge is 0.380 e. The maximum atomic E-state index is 10.3. The van der Waals surface area contributed by atoms with E-state index in [9.17, 15) is 4.79 Å². The molecular formula is C8H16O2. The van der Waals surface area contributed by atoms with Gasteiger partial charge in [-0.3, -0.25) is 0 Å². The van der Waals surface area contributed by atoms with Crippen molar-refractivity contribution >= 4 is 6.29 Å². The van der Waals surface area contributed by atoms with Crippen LogP contribution >= 0.6 is 0 Å². The van der Waals surface area contributed by atoms with E-state index in [1.54, 1.807) is 7.11 Å². The standard InChI is InChI=1S/C8H16O2/c1-6(2)8(10-4)7(3)5-9/h5-8H,1-4H3/t7-,8-/m0/s1. The SMILES string of the molecule is CO[C@@H](C(C)C)[C@@H](C)C=O. The molecule has 0 fully saturated rings. The maximum absolute atomic E-state index is 10.3. The molecule has 2 nitrogen and oxygen atoms in total. The number of hydrogen-bond donors (Lipinski definition) is 0. The van der Waals surface area contributed by atoms with E-state index in [0.29, 0.717) is 5.92 Å². The van der Waals surface area contributed by atoms with Crippen LogP contribution in [0.25, 0.3) is 0 Å². The first kappa shape index (κ1) is 9.63. The summed E-state index contributed by atoms with van der Waals surface area (Å²) in [6.45, 7) is 5.98. The molecule has 2 atom stereocenters. The van der Waals surface area contributed by atoms with E-state index in [0.717, 1.165) is 6.29 Å². The van der Waals surface area contributed by atoms with Gasteiger partial charge in [-0.1, -0.05) is 20.8 Å². The fourth-order valence-electron chi connectivity index (χ4n) is 1.17. The first-order valence-electron chi connectivity index (χ1n) is 3.61. The van der Waals surface area contributed by atoms with E-state index in [1.807, 2.05) is 20.8 Å². The molecule has 0 N–H and O–H groups in total. The lowest BCUT2D eigenvalue weighted by molar-refractivity contribution is -0.115. The Labute approximate surface area is 62.6 Å². The molecule has 0 radical (unpaired) electrons. The van der Waals surface area contributed by atoms with Gasteiger partial charge in [-0.25, -0.2) is 0 Å². The Balaban J connectivity index is 3.92. The predicted octanol–water partition coefficient (Wildman–Crippen LogP) is 1.49. The number of hydrogen-bond acceptors (Lipinski definition) is 2. The molecule has 0 aromatic heterocycles. The fraction of sp³-hybridized carbons (Fsp3) is 0.875. The van der Waals surface area contributed by atoms with Crippen LogP contribution in [0.5, 0.6) is 0 Å². The van der Waals surface area contributed by atoms with E-state index in [4.69, 9.17) is 4.74 Å². The van der Waals surface area contributed by atoms with E-state index in [1.165, 1.54) is 0 Å². The highest BCUT2D eigenvalue weighted by Crippen LogP contribution is 2.13. The summed E-state index contributed by atoms with van der Waals surface area (Å²) in [7, 11) is 1.64. The Hall–Kier alpha value is -0.370. The Morgan fingerprint density at radius 3 is 1.90 bits per heavy atom. The van der Waals surface area contributed by atoms with Gasteiger partial charge in [0.05, 0.1) is 6.10 Å². The molecule has 0 aromatic rings. The Bertz CT molecular complexity index is 99.4. The van der Waals surface area contributed by atoms with Crippen molar-refractivity contribution in [2.45, 2.75) is 26.9 Å². The number of rotatable bonds is 4. The van der Waals surface area contributed by atoms with Gasteiger partial charge < -0.3 is 9.53 Å². The molecule has 0 spiro atoms. The van der Waals surface area contributed by atoms with Crippen molar-refractivity contribution in [2.75, 3.05) is 7.11 Å². The van der Waals surface area contributed by atoms with Crippen LogP contribution in [-0.4, -0.2) is 19.5 Å². The van der Waals surface area contributed by atoms with Gasteiger partial charge in [-0.15, -0.1) is 0 Å². The highest BCUT2D eigenvalue weighted by atomic mass is 16.5. The number of methoxy groups -OCH3 is 1. The molecule has 0 saturated heterocycles. The fourth-order valence-corrected chi connectivity index (χ4v) is 1.17. The van der Waals surface area contributed by atoms with Crippen LogP contribution in [0.1, 0.15) is 20.8 Å². The second-order valence-electron chi connectivity index (χ2n) is 2.94. The van der Waals surface area contributed by atoms with Crippen molar-refractivity contribution < 1.29 is 9.53 Å². The second-order valence-corrected chi connectivity index (χ2v) is 2.94. The monoisotopic (exact) mass is 144 g/mol. The molecule has 60 valence electrons. The topological polar surface area (TPSA) is 26.3 Å². The summed E-state index contributed by atoms with van der Waals surface area (Å²) in [6.07, 6.45) is 1.01. The smallest absolute Gasteiger partial charge is 0.125 e. The quantitative estimate of drug-likeness (QED) is 0.559. The van der Waals surface area contributed by atoms with Crippen molar-refractivity contribution in [3.63, 3.8) is 0 Å². The molecular weight excluding hydrogens is 128 g/mol. The van der Waals surface area contributed by atoms with Gasteiger partial charge >= 0.3 is 0 Å². The lowest BCUT2D eigenvalue weighted by atomic mass is 9.96. The van der Waals surface area contributed by atoms with Crippen LogP contribution in [0.3, 0.4) is 0 Å². The second kappa shape index (κ2) is 4.45. The molecule has 0 saturated carbocycles. The van der Waals surface area contributed by atoms with Gasteiger partial charge in [0, 0.05) is 13.0 Å². The predicted molar refractivity (Wildman–Crippen MR) is 40.9 cm³/mol. The molecule has 0 unspecified atom stereocenters. The van der Waals surface area contributed by atoms with Crippen LogP contribution in [0.4, 0.5) is 0 Å². The summed E-state index contributed by atoms with van der Waals surface area (Å²) >= 11 is 0. The lowest BCUT2D eigenvalue weighted by Crippen LogP contribution is -2.26. The normalized spacial score (nSPS) is 16.9. The minimum atomic E-state index is 0.00463. The first-order chi connectivity index (χ1) is 4.63. The molecule has 0 aliphatic rings. The van der Waals surface area contributed by atoms with Gasteiger partial charge in [0.25, 0.3) is 0 Å². The Kier molecular flexibility index (Phi) is 4.28. The van der Waals surface area contributed by atoms with Gasteiger partial charge in [0.1, 0.15) is 6.29 Å². The van der Waals surface area contributed by atoms with Crippen molar-refractivity contribution in [1.82, 2.24) is 0 Å². The molecule has 0 aliphatic carbocycles. The third-order valence-corrected chi connectivity index (χ3v) is 1.66. The van der Waals surface area contributed by atoms with Crippen molar-refractivity contribution in [3.8, 4) is 0 Å². The van der Waals surface area contributed by atoms with Crippen LogP contribution in [-0.2, 0) is 9.53 Å². The molecule has 0 heterocycles. The van der Waals surface area contributed by atoms with Crippen molar-refractivity contribution in [3.05, 3.63) is 0 Å². The van der Waals surface area contributed by atoms with Crippen LogP contribution in [0.15, 0.2) is 0 Å². The number of aldehydes is 1. The summed E-state index contributed by atoms with van der Waals surface area (Å²) in [5, 5.41) is 0. The van der Waals surface area contributed by atoms with Crippen molar-refractivity contribution in [2.24, 2.45) is 11.8 Å². The zero-order valence-corrected chi connectivity index (χ0v) is 7.13. The van der Waals surface area contributed by atoms with Gasteiger partial charge in [0.2, 0.25) is 0 Å². The minimum absolute atomic E-state index is 0.00463. The molecule has 0 aliphatic heterocycles. The minimum Gasteiger partial charge on any atom is -0.380 e. The zero-order chi connectivity index (χ0) is 8.15. The summed E-state index contributed by atoms with van der Waals surface area (Å²) < 4.78 is 5.13. The van der Waals surface area contributed by atoms with E-state index < -0.39 is 0 Å². The lowest BCUT2D eigenvalue weighted by Gasteiger charge is -2.21. The molecule has 0 rings (SSSR count). The third-order valence-electron chi connectivity index (χ3n) is 1.66. The summed E-state index contributed by atoms with van der Waals surface area (Å²) in [4.78, 5) is 10.3. The van der Waals surface area contributed by atoms with Crippen LogP contribution in [0.2, 0.25) is 0 Å². The average Bonchev–Trinajstić information content (AvgIpc) is 1.88. The van der Waals surface area contributed by atoms with Gasteiger partial charge in [-0.05, 0) is 5.92 Å². The molecule has 0 amide bonds. The highest BCUT2D eigenvalue weighted by molar-refractivity contribution is 5.53. The van der Waals surface area contributed by atoms with E-state index in [-0.39, 0.29) is 12.0 Å². The number of carbonyl (C=O) groups excluding carboxylic acids is 1. The summed E-state index contributed by atoms with van der Waals surface area (Å²) in [5.74, 6) is 0.412. The molecule has 10 heavy (non-hydrogen) atoms. The zero-order valence-electron chi connectivity index (χ0n) is 7.13. The highest BCUT2D eigenvalue weighted by Gasteiger charge is 2.18. The molecule has 0 aromatic carbocycles. The Morgan fingerprint density at radius 1 is 1.30 bits per heavy atom. The van der Waals surface area contributed by atoms with Gasteiger partial charge in [0.15, 0.2) is 0 Å². The van der Waals surface area contributed by atoms with E-state index in [2.05, 4.69) is 0 Å². The number of carbonyl (C=O) groups is 1. The number of ether oxygens (including phenoxy) is 1. The van der Waals surface area contributed by atoms with Crippen LogP contribution < -0.4 is 0 Å². The van der Waals surface area contributed by atoms with Crippen LogP contribution in [0, 0.1) is 11.8 Å². The molecule has 2 heteroatoms. The maximum Gasteiger partial charge on any atom is 0.125 e. The van der Waals surface area contributed by atoms with Crippen molar-refractivity contribution in [1.29, 1.82) is 0 Å². The Morgan fingerprint density at radius 2 is 1.80 bits per heavy atom. The summed E-state index contributed by atoms with van der Waals surface area (Å²) in [6, 6.07) is 0. The molecule has 0 bridgehead atoms. The van der Waals surface area contributed by atoms with Gasteiger partial charge in [-0.2, -0.15) is 0 Å².